The van der Waals surface area contributed by atoms with E-state index in [1.165, 1.54) is 0 Å². The van der Waals surface area contributed by atoms with Crippen molar-refractivity contribution in [2.24, 2.45) is 4.99 Å². The van der Waals surface area contributed by atoms with Crippen molar-refractivity contribution in [3.63, 3.8) is 0 Å². The molecule has 2 N–H and O–H groups in total. The highest BCUT2D eigenvalue weighted by Gasteiger charge is 2.02. The van der Waals surface area contributed by atoms with Crippen molar-refractivity contribution in [1.29, 1.82) is 0 Å². The monoisotopic (exact) mass is 540 g/mol. The summed E-state index contributed by atoms with van der Waals surface area (Å²) in [5, 5.41) is 6.69. The van der Waals surface area contributed by atoms with E-state index in [9.17, 15) is 0 Å². The van der Waals surface area contributed by atoms with Gasteiger partial charge >= 0.3 is 0 Å². The van der Waals surface area contributed by atoms with E-state index >= 15 is 0 Å². The quantitative estimate of drug-likeness (QED) is 0.262. The molecule has 0 atom stereocenters. The molecule has 3 aromatic rings. The van der Waals surface area contributed by atoms with Gasteiger partial charge in [0, 0.05) is 23.6 Å². The molecule has 5 nitrogen and oxygen atoms in total. The number of rotatable bonds is 7. The minimum absolute atomic E-state index is 0. The molecule has 142 valence electrons. The molecule has 0 saturated heterocycles. The van der Waals surface area contributed by atoms with Gasteiger partial charge in [0.2, 0.25) is 0 Å². The van der Waals surface area contributed by atoms with E-state index in [1.54, 1.807) is 12.5 Å². The molecule has 0 bridgehead atoms. The highest BCUT2D eigenvalue weighted by atomic mass is 127. The molecule has 0 aliphatic carbocycles. The van der Waals surface area contributed by atoms with Gasteiger partial charge < -0.3 is 15.1 Å². The van der Waals surface area contributed by atoms with Crippen molar-refractivity contribution < 1.29 is 4.42 Å². The molecule has 0 aliphatic rings. The molecule has 0 radical (unpaired) electrons. The Morgan fingerprint density at radius 3 is 2.59 bits per heavy atom. The summed E-state index contributed by atoms with van der Waals surface area (Å²) in [5.41, 5.74) is 2.12. The first-order valence-electron chi connectivity index (χ1n) is 8.48. The van der Waals surface area contributed by atoms with E-state index in [0.29, 0.717) is 13.1 Å². The minimum atomic E-state index is 0. The molecular formula is C20H22BrIN4O. The van der Waals surface area contributed by atoms with E-state index < -0.39 is 0 Å². The zero-order chi connectivity index (χ0) is 18.0. The van der Waals surface area contributed by atoms with Crippen LogP contribution < -0.4 is 10.6 Å². The maximum Gasteiger partial charge on any atom is 0.191 e. The summed E-state index contributed by atoms with van der Waals surface area (Å²) in [7, 11) is 0. The first-order chi connectivity index (χ1) is 12.8. The number of nitrogens with one attached hydrogen (secondary N) is 2. The Kier molecular flexibility index (Phi) is 9.34. The summed E-state index contributed by atoms with van der Waals surface area (Å²) in [6, 6.07) is 17.9. The predicted octanol–water partition coefficient (Wildman–Crippen LogP) is 4.53. The molecule has 0 spiro atoms. The molecule has 7 heteroatoms. The molecule has 0 unspecified atom stereocenters. The van der Waals surface area contributed by atoms with Crippen LogP contribution in [0.15, 0.2) is 80.9 Å². The van der Waals surface area contributed by atoms with Gasteiger partial charge in [-0.2, -0.15) is 0 Å². The average molecular weight is 541 g/mol. The van der Waals surface area contributed by atoms with Crippen LogP contribution in [-0.4, -0.2) is 17.5 Å². The summed E-state index contributed by atoms with van der Waals surface area (Å²) in [6.07, 6.45) is 4.28. The fourth-order valence-electron chi connectivity index (χ4n) is 2.37. The van der Waals surface area contributed by atoms with Gasteiger partial charge in [-0.1, -0.05) is 34.1 Å². The number of aliphatic imine (C=N–C) groups is 1. The van der Waals surface area contributed by atoms with Crippen LogP contribution in [0.5, 0.6) is 0 Å². The van der Waals surface area contributed by atoms with Gasteiger partial charge in [0.25, 0.3) is 0 Å². The second kappa shape index (κ2) is 11.8. The van der Waals surface area contributed by atoms with Crippen LogP contribution in [0.25, 0.3) is 0 Å². The Morgan fingerprint density at radius 1 is 1.04 bits per heavy atom. The lowest BCUT2D eigenvalue weighted by Gasteiger charge is -2.12. The third kappa shape index (κ3) is 7.72. The van der Waals surface area contributed by atoms with Crippen molar-refractivity contribution in [2.75, 3.05) is 6.54 Å². The number of furan rings is 1. The van der Waals surface area contributed by atoms with Gasteiger partial charge in [0.15, 0.2) is 5.96 Å². The summed E-state index contributed by atoms with van der Waals surface area (Å²) < 4.78 is 6.44. The molecule has 2 aromatic heterocycles. The zero-order valence-electron chi connectivity index (χ0n) is 14.8. The fourth-order valence-corrected chi connectivity index (χ4v) is 2.63. The molecule has 2 heterocycles. The summed E-state index contributed by atoms with van der Waals surface area (Å²) >= 11 is 3.45. The highest BCUT2D eigenvalue weighted by molar-refractivity contribution is 14.0. The van der Waals surface area contributed by atoms with E-state index in [0.717, 1.165) is 40.4 Å². The molecule has 0 fully saturated rings. The van der Waals surface area contributed by atoms with Gasteiger partial charge in [-0.25, -0.2) is 4.99 Å². The predicted molar refractivity (Wildman–Crippen MR) is 122 cm³/mol. The Labute approximate surface area is 184 Å². The number of hydrogen-bond donors (Lipinski definition) is 2. The lowest BCUT2D eigenvalue weighted by molar-refractivity contribution is 0.506. The second-order valence-electron chi connectivity index (χ2n) is 5.72. The van der Waals surface area contributed by atoms with Crippen LogP contribution in [0, 0.1) is 0 Å². The largest absolute Gasteiger partial charge is 0.469 e. The minimum Gasteiger partial charge on any atom is -0.469 e. The van der Waals surface area contributed by atoms with Gasteiger partial charge in [-0.05, 0) is 42.0 Å². The molecule has 3 rings (SSSR count). The molecular weight excluding hydrogens is 519 g/mol. The highest BCUT2D eigenvalue weighted by Crippen LogP contribution is 2.11. The molecule has 0 aliphatic heterocycles. The lowest BCUT2D eigenvalue weighted by Crippen LogP contribution is -2.38. The molecule has 1 aromatic carbocycles. The van der Waals surface area contributed by atoms with E-state index in [4.69, 9.17) is 4.42 Å². The topological polar surface area (TPSA) is 62.5 Å². The Balaban J connectivity index is 0.00000261. The van der Waals surface area contributed by atoms with Crippen LogP contribution in [0.3, 0.4) is 0 Å². The molecule has 0 saturated carbocycles. The summed E-state index contributed by atoms with van der Waals surface area (Å²) in [6.45, 7) is 1.96. The van der Waals surface area contributed by atoms with E-state index in [1.807, 2.05) is 42.5 Å². The van der Waals surface area contributed by atoms with Crippen LogP contribution in [0.4, 0.5) is 0 Å². The van der Waals surface area contributed by atoms with Crippen molar-refractivity contribution in [3.8, 4) is 0 Å². The lowest BCUT2D eigenvalue weighted by atomic mass is 10.2. The van der Waals surface area contributed by atoms with Gasteiger partial charge in [0.05, 0.1) is 25.0 Å². The first kappa shape index (κ1) is 21.4. The van der Waals surface area contributed by atoms with Gasteiger partial charge in [-0.3, -0.25) is 4.98 Å². The molecule has 0 amide bonds. The maximum absolute atomic E-state index is 5.37. The smallest absolute Gasteiger partial charge is 0.191 e. The van der Waals surface area contributed by atoms with Crippen molar-refractivity contribution in [3.05, 3.63) is 88.5 Å². The van der Waals surface area contributed by atoms with Crippen LogP contribution in [0.2, 0.25) is 0 Å². The number of hydrogen-bond acceptors (Lipinski definition) is 3. The van der Waals surface area contributed by atoms with Crippen molar-refractivity contribution in [1.82, 2.24) is 15.6 Å². The van der Waals surface area contributed by atoms with Crippen LogP contribution in [0.1, 0.15) is 17.0 Å². The normalized spacial score (nSPS) is 10.9. The van der Waals surface area contributed by atoms with Crippen LogP contribution >= 0.6 is 39.9 Å². The zero-order valence-corrected chi connectivity index (χ0v) is 18.7. The van der Waals surface area contributed by atoms with Gasteiger partial charge in [-0.15, -0.1) is 24.0 Å². The first-order valence-corrected chi connectivity index (χ1v) is 9.28. The third-order valence-corrected chi connectivity index (χ3v) is 4.27. The number of guanidine groups is 1. The number of halogens is 2. The van der Waals surface area contributed by atoms with Crippen LogP contribution in [-0.2, 0) is 19.5 Å². The third-order valence-electron chi connectivity index (χ3n) is 3.74. The SMILES string of the molecule is Brc1ccc(CN=C(NCCc2ccco2)NCc2ccccn2)cc1.I. The fraction of sp³-hybridized carbons (Fsp3) is 0.200. The number of pyridine rings is 1. The van der Waals surface area contributed by atoms with Gasteiger partial charge in [0.1, 0.15) is 5.76 Å². The van der Waals surface area contributed by atoms with Crippen molar-refractivity contribution in [2.45, 2.75) is 19.5 Å². The number of aromatic nitrogens is 1. The van der Waals surface area contributed by atoms with Crippen molar-refractivity contribution >= 4 is 45.9 Å². The van der Waals surface area contributed by atoms with E-state index in [-0.39, 0.29) is 24.0 Å². The Hall–Kier alpha value is -1.87. The summed E-state index contributed by atoms with van der Waals surface area (Å²) in [4.78, 5) is 9.01. The number of benzene rings is 1. The maximum atomic E-state index is 5.37. The standard InChI is InChI=1S/C20H21BrN4O.HI/c21-17-8-6-16(7-9-17)14-24-20(23-12-10-19-5-3-13-26-19)25-15-18-4-1-2-11-22-18;/h1-9,11,13H,10,12,14-15H2,(H2,23,24,25);1H. The number of nitrogens with zero attached hydrogens (tertiary/aromatic N) is 2. The summed E-state index contributed by atoms with van der Waals surface area (Å²) in [5.74, 6) is 1.71. The Bertz CT molecular complexity index is 808. The second-order valence-corrected chi connectivity index (χ2v) is 6.64. The average Bonchev–Trinajstić information content (AvgIpc) is 3.19. The van der Waals surface area contributed by atoms with E-state index in [2.05, 4.69) is 48.7 Å². The Morgan fingerprint density at radius 2 is 1.89 bits per heavy atom. The molecule has 27 heavy (non-hydrogen) atoms.